The number of rotatable bonds is 4. The second-order valence-electron chi connectivity index (χ2n) is 3.72. The van der Waals surface area contributed by atoms with Gasteiger partial charge in [0.15, 0.2) is 0 Å². The molecule has 0 fully saturated rings. The number of esters is 1. The van der Waals surface area contributed by atoms with Crippen LogP contribution in [0.15, 0.2) is 18.2 Å². The average Bonchev–Trinajstić information content (AvgIpc) is 2.25. The third kappa shape index (κ3) is 2.81. The predicted octanol–water partition coefficient (Wildman–Crippen LogP) is 3.19. The van der Waals surface area contributed by atoms with Crippen LogP contribution in [0.25, 0.3) is 0 Å². The van der Waals surface area contributed by atoms with Gasteiger partial charge < -0.3 is 4.74 Å². The molecule has 3 heteroatoms. The Morgan fingerprint density at radius 3 is 2.62 bits per heavy atom. The Morgan fingerprint density at radius 1 is 1.44 bits per heavy atom. The monoisotopic (exact) mass is 224 g/mol. The van der Waals surface area contributed by atoms with Gasteiger partial charge in [-0.2, -0.15) is 0 Å². The number of carbonyl (C=O) groups excluding carboxylic acids is 1. The third-order valence-electron chi connectivity index (χ3n) is 2.58. The minimum atomic E-state index is -0.366. The lowest BCUT2D eigenvalue weighted by molar-refractivity contribution is -0.145. The van der Waals surface area contributed by atoms with Crippen molar-refractivity contribution in [1.29, 1.82) is 0 Å². The van der Waals surface area contributed by atoms with Crippen molar-refractivity contribution in [2.24, 2.45) is 0 Å². The number of aryl methyl sites for hydroxylation is 1. The number of hydrogen-bond acceptors (Lipinski definition) is 2. The van der Waals surface area contributed by atoms with Gasteiger partial charge in [-0.3, -0.25) is 4.79 Å². The van der Waals surface area contributed by atoms with Gasteiger partial charge in [-0.05, 0) is 37.5 Å². The molecule has 0 saturated heterocycles. The molecule has 0 aromatic heterocycles. The first-order valence-electron chi connectivity index (χ1n) is 5.52. The van der Waals surface area contributed by atoms with E-state index in [1.165, 1.54) is 6.07 Å². The molecular weight excluding hydrogens is 207 g/mol. The van der Waals surface area contributed by atoms with Crippen molar-refractivity contribution in [2.75, 3.05) is 6.61 Å². The van der Waals surface area contributed by atoms with E-state index in [1.807, 2.05) is 6.92 Å². The van der Waals surface area contributed by atoms with Gasteiger partial charge in [-0.15, -0.1) is 0 Å². The van der Waals surface area contributed by atoms with E-state index in [9.17, 15) is 9.18 Å². The average molecular weight is 224 g/mol. The molecule has 1 rings (SSSR count). The molecule has 0 bridgehead atoms. The number of ether oxygens (including phenoxy) is 1. The largest absolute Gasteiger partial charge is 0.466 e. The molecule has 0 saturated carbocycles. The van der Waals surface area contributed by atoms with Gasteiger partial charge in [0.2, 0.25) is 0 Å². The maximum Gasteiger partial charge on any atom is 0.313 e. The quantitative estimate of drug-likeness (QED) is 0.734. The molecule has 1 atom stereocenters. The van der Waals surface area contributed by atoms with Crippen molar-refractivity contribution in [3.63, 3.8) is 0 Å². The fraction of sp³-hybridized carbons (Fsp3) is 0.462. The molecule has 2 nitrogen and oxygen atoms in total. The zero-order chi connectivity index (χ0) is 12.1. The first kappa shape index (κ1) is 12.7. The lowest BCUT2D eigenvalue weighted by atomic mass is 9.95. The van der Waals surface area contributed by atoms with Crippen LogP contribution < -0.4 is 0 Å². The van der Waals surface area contributed by atoms with Crippen molar-refractivity contribution in [1.82, 2.24) is 0 Å². The first-order chi connectivity index (χ1) is 7.60. The summed E-state index contributed by atoms with van der Waals surface area (Å²) in [6.45, 7) is 5.70. The molecule has 0 aliphatic heterocycles. The Bertz CT molecular complexity index is 374. The normalized spacial score (nSPS) is 12.2. The van der Waals surface area contributed by atoms with Crippen LogP contribution in [0, 0.1) is 12.7 Å². The SMILES string of the molecule is CCOC(=O)C(CC)c1ccc(C)c(F)c1. The van der Waals surface area contributed by atoms with Gasteiger partial charge in [0.05, 0.1) is 12.5 Å². The third-order valence-corrected chi connectivity index (χ3v) is 2.58. The van der Waals surface area contributed by atoms with E-state index >= 15 is 0 Å². The maximum absolute atomic E-state index is 13.4. The number of hydrogen-bond donors (Lipinski definition) is 0. The standard InChI is InChI=1S/C13H17FO2/c1-4-11(13(15)16-5-2)10-7-6-9(3)12(14)8-10/h6-8,11H,4-5H2,1-3H3. The highest BCUT2D eigenvalue weighted by atomic mass is 19.1. The molecule has 1 aromatic carbocycles. The molecule has 16 heavy (non-hydrogen) atoms. The van der Waals surface area contributed by atoms with Crippen LogP contribution in [0.1, 0.15) is 37.3 Å². The van der Waals surface area contributed by atoms with Crippen molar-refractivity contribution in [3.05, 3.63) is 35.1 Å². The molecule has 0 amide bonds. The fourth-order valence-electron chi connectivity index (χ4n) is 1.61. The molecule has 88 valence electrons. The van der Waals surface area contributed by atoms with Crippen LogP contribution in [-0.2, 0) is 9.53 Å². The maximum atomic E-state index is 13.4. The van der Waals surface area contributed by atoms with Crippen LogP contribution in [-0.4, -0.2) is 12.6 Å². The molecule has 0 aliphatic rings. The lowest BCUT2D eigenvalue weighted by Gasteiger charge is -2.14. The molecule has 0 radical (unpaired) electrons. The van der Waals surface area contributed by atoms with Crippen LogP contribution in [0.2, 0.25) is 0 Å². The molecule has 1 aromatic rings. The molecule has 0 heterocycles. The Labute approximate surface area is 95.4 Å². The van der Waals surface area contributed by atoms with E-state index in [2.05, 4.69) is 0 Å². The smallest absolute Gasteiger partial charge is 0.313 e. The summed E-state index contributed by atoms with van der Waals surface area (Å²) in [4.78, 5) is 11.6. The summed E-state index contributed by atoms with van der Waals surface area (Å²) < 4.78 is 18.3. The van der Waals surface area contributed by atoms with Crippen LogP contribution in [0.3, 0.4) is 0 Å². The van der Waals surface area contributed by atoms with Crippen molar-refractivity contribution < 1.29 is 13.9 Å². The number of halogens is 1. The summed E-state index contributed by atoms with van der Waals surface area (Å²) in [5.41, 5.74) is 1.27. The Hall–Kier alpha value is -1.38. The molecule has 0 N–H and O–H groups in total. The van der Waals surface area contributed by atoms with E-state index in [1.54, 1.807) is 26.0 Å². The zero-order valence-electron chi connectivity index (χ0n) is 9.92. The Balaban J connectivity index is 2.95. The molecule has 0 spiro atoms. The van der Waals surface area contributed by atoms with E-state index in [-0.39, 0.29) is 17.7 Å². The summed E-state index contributed by atoms with van der Waals surface area (Å²) in [5.74, 6) is -0.927. The number of benzene rings is 1. The van der Waals surface area contributed by atoms with Crippen molar-refractivity contribution in [3.8, 4) is 0 Å². The summed E-state index contributed by atoms with van der Waals surface area (Å²) in [7, 11) is 0. The highest BCUT2D eigenvalue weighted by Crippen LogP contribution is 2.23. The zero-order valence-corrected chi connectivity index (χ0v) is 9.92. The van der Waals surface area contributed by atoms with Crippen LogP contribution >= 0.6 is 0 Å². The van der Waals surface area contributed by atoms with Crippen LogP contribution in [0.4, 0.5) is 4.39 Å². The van der Waals surface area contributed by atoms with Crippen molar-refractivity contribution >= 4 is 5.97 Å². The van der Waals surface area contributed by atoms with Gasteiger partial charge in [-0.1, -0.05) is 19.1 Å². The highest BCUT2D eigenvalue weighted by Gasteiger charge is 2.20. The van der Waals surface area contributed by atoms with E-state index < -0.39 is 0 Å². The molecular formula is C13H17FO2. The molecule has 1 unspecified atom stereocenters. The van der Waals surface area contributed by atoms with Gasteiger partial charge >= 0.3 is 5.97 Å². The summed E-state index contributed by atoms with van der Waals surface area (Å²) >= 11 is 0. The lowest BCUT2D eigenvalue weighted by Crippen LogP contribution is -2.15. The predicted molar refractivity (Wildman–Crippen MR) is 60.8 cm³/mol. The fourth-order valence-corrected chi connectivity index (χ4v) is 1.61. The first-order valence-corrected chi connectivity index (χ1v) is 5.52. The Kier molecular flexibility index (Phi) is 4.47. The van der Waals surface area contributed by atoms with Gasteiger partial charge in [0, 0.05) is 0 Å². The Morgan fingerprint density at radius 2 is 2.12 bits per heavy atom. The number of carbonyl (C=O) groups is 1. The summed E-state index contributed by atoms with van der Waals surface area (Å²) in [5, 5.41) is 0. The highest BCUT2D eigenvalue weighted by molar-refractivity contribution is 5.78. The second kappa shape index (κ2) is 5.64. The minimum absolute atomic E-state index is 0.278. The van der Waals surface area contributed by atoms with E-state index in [0.717, 1.165) is 0 Å². The summed E-state index contributed by atoms with van der Waals surface area (Å²) in [6, 6.07) is 4.89. The van der Waals surface area contributed by atoms with Crippen LogP contribution in [0.5, 0.6) is 0 Å². The van der Waals surface area contributed by atoms with E-state index in [0.29, 0.717) is 24.2 Å². The van der Waals surface area contributed by atoms with Gasteiger partial charge in [0.1, 0.15) is 5.82 Å². The second-order valence-corrected chi connectivity index (χ2v) is 3.72. The van der Waals surface area contributed by atoms with Gasteiger partial charge in [-0.25, -0.2) is 4.39 Å². The topological polar surface area (TPSA) is 26.3 Å². The van der Waals surface area contributed by atoms with Gasteiger partial charge in [0.25, 0.3) is 0 Å². The van der Waals surface area contributed by atoms with Crippen molar-refractivity contribution in [2.45, 2.75) is 33.1 Å². The van der Waals surface area contributed by atoms with E-state index in [4.69, 9.17) is 4.74 Å². The molecule has 0 aliphatic carbocycles. The summed E-state index contributed by atoms with van der Waals surface area (Å²) in [6.07, 6.45) is 0.612. The minimum Gasteiger partial charge on any atom is -0.466 e.